The molecule has 124 valence electrons. The van der Waals surface area contributed by atoms with Crippen LogP contribution in [-0.4, -0.2) is 13.2 Å². The third-order valence-electron chi connectivity index (χ3n) is 3.75. The molecule has 0 saturated heterocycles. The van der Waals surface area contributed by atoms with Crippen molar-refractivity contribution in [3.8, 4) is 11.5 Å². The van der Waals surface area contributed by atoms with E-state index in [0.29, 0.717) is 0 Å². The molecule has 4 nitrogen and oxygen atoms in total. The van der Waals surface area contributed by atoms with Gasteiger partial charge in [-0.05, 0) is 67.8 Å². The quantitative estimate of drug-likeness (QED) is 0.656. The summed E-state index contributed by atoms with van der Waals surface area (Å²) in [6.45, 7) is 3.14. The minimum atomic E-state index is 0.752. The van der Waals surface area contributed by atoms with E-state index in [1.165, 1.54) is 11.1 Å². The van der Waals surface area contributed by atoms with E-state index in [9.17, 15) is 0 Å². The standard InChI is InChI=1S/C19H26N2O2/c20-14-16-4-8-18(9-5-16)22-12-2-1-3-13-23-19-10-6-17(15-21)7-11-19/h4-11H,1-3,12-15,20-21H2/p+2. The van der Waals surface area contributed by atoms with Crippen LogP contribution in [0.5, 0.6) is 11.5 Å². The predicted octanol–water partition coefficient (Wildman–Crippen LogP) is 1.80. The molecule has 0 spiro atoms. The molecule has 0 atom stereocenters. The fourth-order valence-electron chi connectivity index (χ4n) is 2.27. The summed E-state index contributed by atoms with van der Waals surface area (Å²) >= 11 is 0. The molecule has 0 radical (unpaired) electrons. The molecule has 2 aromatic carbocycles. The van der Waals surface area contributed by atoms with Crippen molar-refractivity contribution >= 4 is 0 Å². The van der Waals surface area contributed by atoms with Gasteiger partial charge in [0.05, 0.1) is 26.3 Å². The first-order chi connectivity index (χ1) is 11.3. The molecule has 4 heteroatoms. The zero-order chi connectivity index (χ0) is 16.3. The summed E-state index contributed by atoms with van der Waals surface area (Å²) in [5, 5.41) is 0. The highest BCUT2D eigenvalue weighted by Gasteiger charge is 1.98. The normalized spacial score (nSPS) is 10.5. The van der Waals surface area contributed by atoms with Gasteiger partial charge < -0.3 is 20.9 Å². The molecular weight excluding hydrogens is 288 g/mol. The highest BCUT2D eigenvalue weighted by molar-refractivity contribution is 5.27. The van der Waals surface area contributed by atoms with Gasteiger partial charge in [0.1, 0.15) is 11.5 Å². The van der Waals surface area contributed by atoms with Gasteiger partial charge in [-0.25, -0.2) is 0 Å². The first kappa shape index (κ1) is 17.3. The second kappa shape index (κ2) is 9.87. The molecule has 6 N–H and O–H groups in total. The summed E-state index contributed by atoms with van der Waals surface area (Å²) < 4.78 is 11.5. The van der Waals surface area contributed by atoms with Gasteiger partial charge in [0.25, 0.3) is 0 Å². The molecule has 0 heterocycles. The van der Waals surface area contributed by atoms with Crippen molar-refractivity contribution in [2.75, 3.05) is 13.2 Å². The molecule has 2 aromatic rings. The second-order valence-corrected chi connectivity index (χ2v) is 5.55. The lowest BCUT2D eigenvalue weighted by atomic mass is 10.2. The molecule has 0 unspecified atom stereocenters. The molecule has 0 aliphatic heterocycles. The Balaban J connectivity index is 1.53. The fraction of sp³-hybridized carbons (Fsp3) is 0.368. The summed E-state index contributed by atoms with van der Waals surface area (Å²) in [7, 11) is 0. The second-order valence-electron chi connectivity index (χ2n) is 5.55. The Kier molecular flexibility index (Phi) is 7.43. The third kappa shape index (κ3) is 6.30. The summed E-state index contributed by atoms with van der Waals surface area (Å²) in [6.07, 6.45) is 3.19. The van der Waals surface area contributed by atoms with Gasteiger partial charge in [0.15, 0.2) is 0 Å². The lowest BCUT2D eigenvalue weighted by molar-refractivity contribution is -0.386. The van der Waals surface area contributed by atoms with E-state index < -0.39 is 0 Å². The Morgan fingerprint density at radius 2 is 0.957 bits per heavy atom. The Morgan fingerprint density at radius 1 is 0.565 bits per heavy atom. The highest BCUT2D eigenvalue weighted by Crippen LogP contribution is 2.14. The zero-order valence-electron chi connectivity index (χ0n) is 13.8. The van der Waals surface area contributed by atoms with Gasteiger partial charge in [-0.15, -0.1) is 0 Å². The topological polar surface area (TPSA) is 73.7 Å². The van der Waals surface area contributed by atoms with Crippen molar-refractivity contribution in [1.29, 1.82) is 0 Å². The maximum atomic E-state index is 5.73. The van der Waals surface area contributed by atoms with E-state index in [2.05, 4.69) is 35.7 Å². The number of hydrogen-bond donors (Lipinski definition) is 2. The lowest BCUT2D eigenvalue weighted by Crippen LogP contribution is -2.47. The highest BCUT2D eigenvalue weighted by atomic mass is 16.5. The number of benzene rings is 2. The third-order valence-corrected chi connectivity index (χ3v) is 3.75. The van der Waals surface area contributed by atoms with E-state index >= 15 is 0 Å². The Labute approximate surface area is 138 Å². The van der Waals surface area contributed by atoms with Crippen LogP contribution in [0.3, 0.4) is 0 Å². The van der Waals surface area contributed by atoms with E-state index in [0.717, 1.165) is 57.1 Å². The van der Waals surface area contributed by atoms with Crippen LogP contribution in [0.15, 0.2) is 48.5 Å². The van der Waals surface area contributed by atoms with Crippen LogP contribution in [0.4, 0.5) is 0 Å². The first-order valence-electron chi connectivity index (χ1n) is 8.34. The van der Waals surface area contributed by atoms with Crippen molar-refractivity contribution in [2.24, 2.45) is 0 Å². The number of hydrogen-bond acceptors (Lipinski definition) is 2. The first-order valence-corrected chi connectivity index (χ1v) is 8.34. The average Bonchev–Trinajstić information content (AvgIpc) is 2.62. The molecular formula is C19H28N2O2+2. The van der Waals surface area contributed by atoms with Gasteiger partial charge in [0.2, 0.25) is 0 Å². The predicted molar refractivity (Wildman–Crippen MR) is 90.9 cm³/mol. The summed E-state index contributed by atoms with van der Waals surface area (Å²) in [5.41, 5.74) is 10.2. The summed E-state index contributed by atoms with van der Waals surface area (Å²) in [5.74, 6) is 1.87. The molecule has 0 aliphatic carbocycles. The molecule has 0 aromatic heterocycles. The molecule has 0 amide bonds. The summed E-state index contributed by atoms with van der Waals surface area (Å²) in [4.78, 5) is 0. The molecule has 0 bridgehead atoms. The van der Waals surface area contributed by atoms with Crippen LogP contribution >= 0.6 is 0 Å². The van der Waals surface area contributed by atoms with Gasteiger partial charge in [0, 0.05) is 11.1 Å². The molecule has 0 fully saturated rings. The van der Waals surface area contributed by atoms with E-state index in [-0.39, 0.29) is 0 Å². The van der Waals surface area contributed by atoms with Gasteiger partial charge in [-0.3, -0.25) is 0 Å². The van der Waals surface area contributed by atoms with E-state index in [1.54, 1.807) is 0 Å². The van der Waals surface area contributed by atoms with Crippen LogP contribution in [0.2, 0.25) is 0 Å². The van der Waals surface area contributed by atoms with Gasteiger partial charge in [-0.2, -0.15) is 0 Å². The zero-order valence-corrected chi connectivity index (χ0v) is 13.8. The van der Waals surface area contributed by atoms with Crippen molar-refractivity contribution in [1.82, 2.24) is 0 Å². The van der Waals surface area contributed by atoms with Crippen LogP contribution in [0.1, 0.15) is 30.4 Å². The Bertz CT molecular complexity index is 501. The molecule has 2 rings (SSSR count). The fourth-order valence-corrected chi connectivity index (χ4v) is 2.27. The number of unbranched alkanes of at least 4 members (excludes halogenated alkanes) is 2. The van der Waals surface area contributed by atoms with Gasteiger partial charge in [-0.1, -0.05) is 0 Å². The SMILES string of the molecule is [NH3+]Cc1ccc(OCCCCCOc2ccc(C[NH3+])cc2)cc1. The van der Waals surface area contributed by atoms with E-state index in [4.69, 9.17) is 9.47 Å². The minimum Gasteiger partial charge on any atom is -0.494 e. The maximum absolute atomic E-state index is 5.73. The number of ether oxygens (including phenoxy) is 2. The van der Waals surface area contributed by atoms with E-state index in [1.807, 2.05) is 24.3 Å². The Morgan fingerprint density at radius 3 is 1.30 bits per heavy atom. The molecule has 23 heavy (non-hydrogen) atoms. The smallest absolute Gasteiger partial charge is 0.119 e. The largest absolute Gasteiger partial charge is 0.494 e. The van der Waals surface area contributed by atoms with Crippen LogP contribution in [-0.2, 0) is 13.1 Å². The van der Waals surface area contributed by atoms with Crippen molar-refractivity contribution in [3.05, 3.63) is 59.7 Å². The van der Waals surface area contributed by atoms with Crippen molar-refractivity contribution in [2.45, 2.75) is 32.4 Å². The minimum absolute atomic E-state index is 0.752. The van der Waals surface area contributed by atoms with Gasteiger partial charge >= 0.3 is 0 Å². The van der Waals surface area contributed by atoms with Crippen LogP contribution in [0.25, 0.3) is 0 Å². The Hall–Kier alpha value is -2.04. The molecule has 0 aliphatic rings. The van der Waals surface area contributed by atoms with Crippen LogP contribution in [0, 0.1) is 0 Å². The van der Waals surface area contributed by atoms with Crippen LogP contribution < -0.4 is 20.9 Å². The number of quaternary nitrogens is 2. The van der Waals surface area contributed by atoms with Crippen molar-refractivity contribution in [3.63, 3.8) is 0 Å². The monoisotopic (exact) mass is 316 g/mol. The number of rotatable bonds is 10. The lowest BCUT2D eigenvalue weighted by Gasteiger charge is -2.08. The van der Waals surface area contributed by atoms with Crippen molar-refractivity contribution < 1.29 is 20.9 Å². The molecule has 0 saturated carbocycles. The maximum Gasteiger partial charge on any atom is 0.119 e. The average molecular weight is 316 g/mol. The summed E-state index contributed by atoms with van der Waals surface area (Å²) in [6, 6.07) is 16.3.